The van der Waals surface area contributed by atoms with Gasteiger partial charge in [-0.15, -0.1) is 0 Å². The van der Waals surface area contributed by atoms with E-state index in [0.29, 0.717) is 13.0 Å². The molecule has 3 rings (SSSR count). The summed E-state index contributed by atoms with van der Waals surface area (Å²) in [6, 6.07) is 5.49. The normalized spacial score (nSPS) is 21.4. The van der Waals surface area contributed by atoms with Crippen molar-refractivity contribution in [3.63, 3.8) is 0 Å². The number of piperidine rings is 1. The first kappa shape index (κ1) is 14.5. The van der Waals surface area contributed by atoms with E-state index in [2.05, 4.69) is 5.32 Å². The Bertz CT molecular complexity index is 512. The number of fused-ring (bicyclic) bond motifs is 1. The molecule has 0 spiro atoms. The van der Waals surface area contributed by atoms with Crippen molar-refractivity contribution in [1.82, 2.24) is 10.2 Å². The molecule has 1 unspecified atom stereocenters. The zero-order chi connectivity index (χ0) is 14.7. The highest BCUT2D eigenvalue weighted by Gasteiger charge is 2.24. The minimum atomic E-state index is -0.0961. The SMILES string of the molecule is O=C(CCNC1CCc2c(F)cccc21)N1CCCCC1. The lowest BCUT2D eigenvalue weighted by atomic mass is 10.1. The summed E-state index contributed by atoms with van der Waals surface area (Å²) >= 11 is 0. The van der Waals surface area contributed by atoms with E-state index >= 15 is 0 Å². The number of carbonyl (C=O) groups excluding carboxylic acids is 1. The highest BCUT2D eigenvalue weighted by molar-refractivity contribution is 5.76. The molecule has 3 nitrogen and oxygen atoms in total. The maximum atomic E-state index is 13.7. The first-order valence-corrected chi connectivity index (χ1v) is 8.04. The second-order valence-electron chi connectivity index (χ2n) is 6.04. The molecule has 0 radical (unpaired) electrons. The quantitative estimate of drug-likeness (QED) is 0.925. The lowest BCUT2D eigenvalue weighted by molar-refractivity contribution is -0.132. The van der Waals surface area contributed by atoms with E-state index in [9.17, 15) is 9.18 Å². The van der Waals surface area contributed by atoms with Gasteiger partial charge in [-0.05, 0) is 49.3 Å². The molecule has 1 saturated heterocycles. The van der Waals surface area contributed by atoms with Crippen LogP contribution in [-0.4, -0.2) is 30.4 Å². The van der Waals surface area contributed by atoms with Crippen molar-refractivity contribution >= 4 is 5.91 Å². The first-order valence-electron chi connectivity index (χ1n) is 8.04. The molecule has 1 aliphatic heterocycles. The average Bonchev–Trinajstić information content (AvgIpc) is 2.93. The van der Waals surface area contributed by atoms with E-state index in [1.165, 1.54) is 12.5 Å². The number of carbonyl (C=O) groups is 1. The van der Waals surface area contributed by atoms with E-state index in [-0.39, 0.29) is 17.8 Å². The van der Waals surface area contributed by atoms with E-state index in [1.807, 2.05) is 11.0 Å². The summed E-state index contributed by atoms with van der Waals surface area (Å²) in [7, 11) is 0. The number of rotatable bonds is 4. The van der Waals surface area contributed by atoms with Crippen LogP contribution in [0.15, 0.2) is 18.2 Å². The van der Waals surface area contributed by atoms with Gasteiger partial charge >= 0.3 is 0 Å². The number of benzene rings is 1. The molecule has 21 heavy (non-hydrogen) atoms. The topological polar surface area (TPSA) is 32.3 Å². The Morgan fingerprint density at radius 1 is 1.29 bits per heavy atom. The fraction of sp³-hybridized carbons (Fsp3) is 0.588. The van der Waals surface area contributed by atoms with Gasteiger partial charge in [0.1, 0.15) is 5.82 Å². The maximum absolute atomic E-state index is 13.7. The van der Waals surface area contributed by atoms with E-state index < -0.39 is 0 Å². The predicted octanol–water partition coefficient (Wildman–Crippen LogP) is 2.81. The van der Waals surface area contributed by atoms with Gasteiger partial charge in [0.15, 0.2) is 0 Å². The van der Waals surface area contributed by atoms with E-state index in [0.717, 1.165) is 49.9 Å². The van der Waals surface area contributed by atoms with Gasteiger partial charge in [-0.2, -0.15) is 0 Å². The number of nitrogens with zero attached hydrogens (tertiary/aromatic N) is 1. The summed E-state index contributed by atoms with van der Waals surface area (Å²) < 4.78 is 13.7. The van der Waals surface area contributed by atoms with Gasteiger partial charge in [0.25, 0.3) is 0 Å². The maximum Gasteiger partial charge on any atom is 0.223 e. The zero-order valence-electron chi connectivity index (χ0n) is 12.4. The first-order chi connectivity index (χ1) is 10.3. The molecule has 1 fully saturated rings. The fourth-order valence-electron chi connectivity index (χ4n) is 3.48. The standard InChI is InChI=1S/C17H23FN2O/c18-15-6-4-5-14-13(15)7-8-16(14)19-10-9-17(21)20-11-2-1-3-12-20/h4-6,16,19H,1-3,7-12H2. The van der Waals surface area contributed by atoms with Gasteiger partial charge in [0, 0.05) is 32.1 Å². The number of likely N-dealkylation sites (tertiary alicyclic amines) is 1. The third-order valence-electron chi connectivity index (χ3n) is 4.65. The Morgan fingerprint density at radius 2 is 2.10 bits per heavy atom. The van der Waals surface area contributed by atoms with Crippen molar-refractivity contribution in [2.24, 2.45) is 0 Å². The van der Waals surface area contributed by atoms with Gasteiger partial charge in [-0.3, -0.25) is 4.79 Å². The number of halogens is 1. The van der Waals surface area contributed by atoms with Gasteiger partial charge in [0.05, 0.1) is 0 Å². The molecule has 0 bridgehead atoms. The lowest BCUT2D eigenvalue weighted by Crippen LogP contribution is -2.37. The molecule has 1 aromatic carbocycles. The molecule has 0 saturated carbocycles. The smallest absolute Gasteiger partial charge is 0.223 e. The van der Waals surface area contributed by atoms with Crippen molar-refractivity contribution in [2.75, 3.05) is 19.6 Å². The van der Waals surface area contributed by atoms with Crippen LogP contribution in [0.1, 0.15) is 49.3 Å². The summed E-state index contributed by atoms with van der Waals surface area (Å²) in [6.45, 7) is 2.50. The number of amides is 1. The zero-order valence-corrected chi connectivity index (χ0v) is 12.4. The van der Waals surface area contributed by atoms with Crippen molar-refractivity contribution in [3.05, 3.63) is 35.1 Å². The number of hydrogen-bond donors (Lipinski definition) is 1. The minimum Gasteiger partial charge on any atom is -0.343 e. The molecule has 4 heteroatoms. The van der Waals surface area contributed by atoms with Gasteiger partial charge in [-0.1, -0.05) is 12.1 Å². The molecule has 2 aliphatic rings. The van der Waals surface area contributed by atoms with Crippen LogP contribution in [0.2, 0.25) is 0 Å². The summed E-state index contributed by atoms with van der Waals surface area (Å²) in [6.07, 6.45) is 5.77. The Morgan fingerprint density at radius 3 is 2.90 bits per heavy atom. The van der Waals surface area contributed by atoms with Crippen molar-refractivity contribution in [1.29, 1.82) is 0 Å². The van der Waals surface area contributed by atoms with Crippen LogP contribution < -0.4 is 5.32 Å². The molecule has 1 atom stereocenters. The number of hydrogen-bond acceptors (Lipinski definition) is 2. The monoisotopic (exact) mass is 290 g/mol. The minimum absolute atomic E-state index is 0.0961. The van der Waals surface area contributed by atoms with Crippen molar-refractivity contribution in [3.8, 4) is 0 Å². The van der Waals surface area contributed by atoms with Crippen LogP contribution in [0.25, 0.3) is 0 Å². The largest absolute Gasteiger partial charge is 0.343 e. The summed E-state index contributed by atoms with van der Waals surface area (Å²) in [5.74, 6) is 0.154. The van der Waals surface area contributed by atoms with Gasteiger partial charge < -0.3 is 10.2 Å². The summed E-state index contributed by atoms with van der Waals surface area (Å²) in [5, 5.41) is 3.42. The van der Waals surface area contributed by atoms with Crippen LogP contribution >= 0.6 is 0 Å². The van der Waals surface area contributed by atoms with Gasteiger partial charge in [0.2, 0.25) is 5.91 Å². The van der Waals surface area contributed by atoms with Crippen molar-refractivity contribution < 1.29 is 9.18 Å². The molecule has 1 aromatic rings. The second-order valence-corrected chi connectivity index (χ2v) is 6.04. The molecule has 1 amide bonds. The van der Waals surface area contributed by atoms with Crippen LogP contribution in [0, 0.1) is 5.82 Å². The Hall–Kier alpha value is -1.42. The Kier molecular flexibility index (Phi) is 4.54. The fourth-order valence-corrected chi connectivity index (χ4v) is 3.48. The molecule has 114 valence electrons. The van der Waals surface area contributed by atoms with E-state index in [4.69, 9.17) is 0 Å². The third-order valence-corrected chi connectivity index (χ3v) is 4.65. The molecule has 0 aromatic heterocycles. The predicted molar refractivity (Wildman–Crippen MR) is 80.5 cm³/mol. The average molecular weight is 290 g/mol. The van der Waals surface area contributed by atoms with Crippen LogP contribution in [0.3, 0.4) is 0 Å². The molecular formula is C17H23FN2O. The molecule has 1 heterocycles. The molecular weight excluding hydrogens is 267 g/mol. The lowest BCUT2D eigenvalue weighted by Gasteiger charge is -2.27. The van der Waals surface area contributed by atoms with Gasteiger partial charge in [-0.25, -0.2) is 4.39 Å². The van der Waals surface area contributed by atoms with Crippen LogP contribution in [-0.2, 0) is 11.2 Å². The van der Waals surface area contributed by atoms with Crippen LogP contribution in [0.4, 0.5) is 4.39 Å². The number of nitrogens with one attached hydrogen (secondary N) is 1. The summed E-state index contributed by atoms with van der Waals surface area (Å²) in [4.78, 5) is 14.1. The molecule has 1 N–H and O–H groups in total. The van der Waals surface area contributed by atoms with E-state index in [1.54, 1.807) is 6.07 Å². The van der Waals surface area contributed by atoms with Crippen molar-refractivity contribution in [2.45, 2.75) is 44.6 Å². The second kappa shape index (κ2) is 6.56. The highest BCUT2D eigenvalue weighted by Crippen LogP contribution is 2.32. The van der Waals surface area contributed by atoms with Crippen LogP contribution in [0.5, 0.6) is 0 Å². The third kappa shape index (κ3) is 3.26. The Balaban J connectivity index is 1.49. The summed E-state index contributed by atoms with van der Waals surface area (Å²) in [5.41, 5.74) is 1.91. The highest BCUT2D eigenvalue weighted by atomic mass is 19.1. The molecule has 1 aliphatic carbocycles. The Labute approximate surface area is 125 Å².